The van der Waals surface area contributed by atoms with Gasteiger partial charge in [-0.3, -0.25) is 0 Å². The molecule has 17 heavy (non-hydrogen) atoms. The molecule has 2 N–H and O–H groups in total. The largest absolute Gasteiger partial charge is 0.494 e. The molecule has 2 nitrogen and oxygen atoms in total. The smallest absolute Gasteiger partial charge is 0.165 e. The van der Waals surface area contributed by atoms with Gasteiger partial charge in [0.2, 0.25) is 0 Å². The van der Waals surface area contributed by atoms with Gasteiger partial charge in [-0.2, -0.15) is 0 Å². The molecule has 3 heteroatoms. The molecule has 0 amide bonds. The van der Waals surface area contributed by atoms with Crippen LogP contribution < -0.4 is 10.5 Å². The third kappa shape index (κ3) is 4.35. The third-order valence-corrected chi connectivity index (χ3v) is 2.81. The summed E-state index contributed by atoms with van der Waals surface area (Å²) in [5.41, 5.74) is 7.13. The number of benzene rings is 1. The van der Waals surface area contributed by atoms with Gasteiger partial charge in [-0.15, -0.1) is 0 Å². The Labute approximate surface area is 103 Å². The zero-order chi connectivity index (χ0) is 13.1. The van der Waals surface area contributed by atoms with Crippen LogP contribution in [0.25, 0.3) is 0 Å². The van der Waals surface area contributed by atoms with E-state index in [4.69, 9.17) is 10.5 Å². The molecule has 0 saturated heterocycles. The maximum absolute atomic E-state index is 13.5. The van der Waals surface area contributed by atoms with Gasteiger partial charge in [0, 0.05) is 6.04 Å². The molecule has 0 bridgehead atoms. The van der Waals surface area contributed by atoms with E-state index < -0.39 is 0 Å². The van der Waals surface area contributed by atoms with Crippen molar-refractivity contribution < 1.29 is 9.13 Å². The molecule has 96 valence electrons. The van der Waals surface area contributed by atoms with Crippen LogP contribution in [-0.2, 0) is 0 Å². The molecule has 0 saturated carbocycles. The molecule has 1 rings (SSSR count). The number of halogens is 1. The van der Waals surface area contributed by atoms with Crippen LogP contribution in [0.2, 0.25) is 0 Å². The molecule has 0 aliphatic heterocycles. The van der Waals surface area contributed by atoms with Crippen LogP contribution in [0, 0.1) is 11.2 Å². The average molecular weight is 239 g/mol. The van der Waals surface area contributed by atoms with Gasteiger partial charge in [-0.25, -0.2) is 4.39 Å². The first kappa shape index (κ1) is 14.0. The van der Waals surface area contributed by atoms with Gasteiger partial charge in [0.25, 0.3) is 0 Å². The van der Waals surface area contributed by atoms with Gasteiger partial charge in [0.05, 0.1) is 7.11 Å². The van der Waals surface area contributed by atoms with E-state index in [0.29, 0.717) is 0 Å². The summed E-state index contributed by atoms with van der Waals surface area (Å²) in [7, 11) is 1.46. The average Bonchev–Trinajstić information content (AvgIpc) is 2.24. The lowest BCUT2D eigenvalue weighted by atomic mass is 9.87. The highest BCUT2D eigenvalue weighted by Crippen LogP contribution is 2.27. The Morgan fingerprint density at radius 3 is 2.47 bits per heavy atom. The van der Waals surface area contributed by atoms with Gasteiger partial charge < -0.3 is 10.5 Å². The first-order valence-corrected chi connectivity index (χ1v) is 5.92. The van der Waals surface area contributed by atoms with Crippen LogP contribution in [0.5, 0.6) is 5.75 Å². The molecule has 0 spiro atoms. The van der Waals surface area contributed by atoms with Crippen LogP contribution in [0.3, 0.4) is 0 Å². The molecule has 1 unspecified atom stereocenters. The van der Waals surface area contributed by atoms with E-state index >= 15 is 0 Å². The molecule has 0 fully saturated rings. The fourth-order valence-electron chi connectivity index (χ4n) is 1.67. The Kier molecular flexibility index (Phi) is 4.52. The third-order valence-electron chi connectivity index (χ3n) is 2.81. The number of rotatable bonds is 4. The summed E-state index contributed by atoms with van der Waals surface area (Å²) in [6, 6.07) is 4.80. The van der Waals surface area contributed by atoms with Crippen molar-refractivity contribution in [1.29, 1.82) is 0 Å². The van der Waals surface area contributed by atoms with Crippen molar-refractivity contribution in [2.24, 2.45) is 11.1 Å². The molecule has 0 radical (unpaired) electrons. The predicted octanol–water partition coefficient (Wildman–Crippen LogP) is 3.66. The van der Waals surface area contributed by atoms with Gasteiger partial charge in [-0.1, -0.05) is 26.8 Å². The summed E-state index contributed by atoms with van der Waals surface area (Å²) in [5, 5.41) is 0. The second kappa shape index (κ2) is 5.50. The van der Waals surface area contributed by atoms with Crippen molar-refractivity contribution in [3.63, 3.8) is 0 Å². The van der Waals surface area contributed by atoms with E-state index in [9.17, 15) is 4.39 Å². The normalized spacial score (nSPS) is 13.5. The van der Waals surface area contributed by atoms with Crippen LogP contribution >= 0.6 is 0 Å². The van der Waals surface area contributed by atoms with Crippen molar-refractivity contribution in [2.45, 2.75) is 39.7 Å². The number of hydrogen-bond acceptors (Lipinski definition) is 2. The van der Waals surface area contributed by atoms with Gasteiger partial charge in [0.1, 0.15) is 0 Å². The Morgan fingerprint density at radius 1 is 1.35 bits per heavy atom. The van der Waals surface area contributed by atoms with E-state index in [1.807, 2.05) is 6.07 Å². The molecular weight excluding hydrogens is 217 g/mol. The summed E-state index contributed by atoms with van der Waals surface area (Å²) in [4.78, 5) is 0. The minimum atomic E-state index is -0.351. The van der Waals surface area contributed by atoms with Gasteiger partial charge >= 0.3 is 0 Å². The summed E-state index contributed by atoms with van der Waals surface area (Å²) in [5.74, 6) is -0.0898. The van der Waals surface area contributed by atoms with Crippen molar-refractivity contribution in [2.75, 3.05) is 7.11 Å². The van der Waals surface area contributed by atoms with Crippen LogP contribution in [-0.4, -0.2) is 7.11 Å². The zero-order valence-electron chi connectivity index (χ0n) is 11.1. The van der Waals surface area contributed by atoms with E-state index in [2.05, 4.69) is 20.8 Å². The quantitative estimate of drug-likeness (QED) is 0.870. The van der Waals surface area contributed by atoms with Crippen LogP contribution in [0.1, 0.15) is 45.2 Å². The second-order valence-corrected chi connectivity index (χ2v) is 5.60. The second-order valence-electron chi connectivity index (χ2n) is 5.60. The number of hydrogen-bond donors (Lipinski definition) is 1. The van der Waals surface area contributed by atoms with E-state index in [1.54, 1.807) is 6.07 Å². The van der Waals surface area contributed by atoms with Crippen molar-refractivity contribution in [1.82, 2.24) is 0 Å². The first-order chi connectivity index (χ1) is 7.83. The first-order valence-electron chi connectivity index (χ1n) is 5.92. The van der Waals surface area contributed by atoms with Crippen molar-refractivity contribution in [3.8, 4) is 5.75 Å². The molecule has 0 aliphatic rings. The summed E-state index contributed by atoms with van der Waals surface area (Å²) < 4.78 is 18.4. The van der Waals surface area contributed by atoms with E-state index in [-0.39, 0.29) is 23.0 Å². The highest BCUT2D eigenvalue weighted by Gasteiger charge is 2.15. The number of nitrogens with two attached hydrogens (primary N) is 1. The van der Waals surface area contributed by atoms with Gasteiger partial charge in [-0.05, 0) is 36.0 Å². The highest BCUT2D eigenvalue weighted by molar-refractivity contribution is 5.30. The van der Waals surface area contributed by atoms with E-state index in [1.165, 1.54) is 13.2 Å². The molecule has 0 aliphatic carbocycles. The summed E-state index contributed by atoms with van der Waals surface area (Å²) in [6.07, 6.45) is 1.87. The monoisotopic (exact) mass is 239 g/mol. The molecule has 1 aromatic rings. The minimum Gasteiger partial charge on any atom is -0.494 e. The number of ether oxygens (including phenoxy) is 1. The lowest BCUT2D eigenvalue weighted by molar-refractivity contribution is 0.349. The molecule has 0 heterocycles. The van der Waals surface area contributed by atoms with Gasteiger partial charge in [0.15, 0.2) is 11.6 Å². The SMILES string of the molecule is COc1ccc(C(N)CCC(C)(C)C)cc1F. The maximum Gasteiger partial charge on any atom is 0.165 e. The fraction of sp³-hybridized carbons (Fsp3) is 0.571. The van der Waals surface area contributed by atoms with Crippen LogP contribution in [0.4, 0.5) is 4.39 Å². The predicted molar refractivity (Wildman–Crippen MR) is 68.6 cm³/mol. The molecule has 1 atom stereocenters. The molecule has 0 aromatic heterocycles. The fourth-order valence-corrected chi connectivity index (χ4v) is 1.67. The van der Waals surface area contributed by atoms with Crippen molar-refractivity contribution in [3.05, 3.63) is 29.6 Å². The Morgan fingerprint density at radius 2 is 2.00 bits per heavy atom. The lowest BCUT2D eigenvalue weighted by Crippen LogP contribution is -2.15. The highest BCUT2D eigenvalue weighted by atomic mass is 19.1. The van der Waals surface area contributed by atoms with Crippen molar-refractivity contribution >= 4 is 0 Å². The Bertz CT molecular complexity index is 371. The summed E-state index contributed by atoms with van der Waals surface area (Å²) in [6.45, 7) is 6.52. The minimum absolute atomic E-state index is 0.116. The zero-order valence-corrected chi connectivity index (χ0v) is 11.1. The Hall–Kier alpha value is -1.09. The van der Waals surface area contributed by atoms with Crippen LogP contribution in [0.15, 0.2) is 18.2 Å². The van der Waals surface area contributed by atoms with E-state index in [0.717, 1.165) is 18.4 Å². The summed E-state index contributed by atoms with van der Waals surface area (Å²) >= 11 is 0. The standard InChI is InChI=1S/C14H22FNO/c1-14(2,3)8-7-12(16)10-5-6-13(17-4)11(15)9-10/h5-6,9,12H,7-8,16H2,1-4H3. The lowest BCUT2D eigenvalue weighted by Gasteiger charge is -2.21. The molecular formula is C14H22FNO. The topological polar surface area (TPSA) is 35.2 Å². The Balaban J connectivity index is 2.69. The number of methoxy groups -OCH3 is 1. The molecule has 1 aromatic carbocycles. The maximum atomic E-state index is 13.5.